The summed E-state index contributed by atoms with van der Waals surface area (Å²) in [5, 5.41) is 18.0. The average molecular weight is 292 g/mol. The molecule has 0 aliphatic rings. The van der Waals surface area contributed by atoms with Crippen LogP contribution in [0.2, 0.25) is 0 Å². The van der Waals surface area contributed by atoms with E-state index >= 15 is 0 Å². The zero-order valence-corrected chi connectivity index (χ0v) is 11.5. The summed E-state index contributed by atoms with van der Waals surface area (Å²) in [6.45, 7) is 0. The number of nitrogen functional groups attached to an aromatic ring is 1. The molecule has 0 saturated heterocycles. The van der Waals surface area contributed by atoms with Crippen molar-refractivity contribution in [3.63, 3.8) is 0 Å². The fourth-order valence-corrected chi connectivity index (χ4v) is 2.05. The molecule has 2 aromatic carbocycles. The predicted octanol–water partition coefficient (Wildman–Crippen LogP) is 3.93. The second-order valence-corrected chi connectivity index (χ2v) is 4.63. The van der Waals surface area contributed by atoms with E-state index in [1.54, 1.807) is 30.5 Å². The third-order valence-corrected chi connectivity index (χ3v) is 3.17. The van der Waals surface area contributed by atoms with Crippen molar-refractivity contribution in [2.75, 3.05) is 5.73 Å². The molecular weight excluding hydrogens is 280 g/mol. The van der Waals surface area contributed by atoms with Crippen LogP contribution in [0.3, 0.4) is 0 Å². The lowest BCUT2D eigenvalue weighted by Gasteiger charge is -2.03. The second kappa shape index (κ2) is 5.61. The molecule has 0 atom stereocenters. The van der Waals surface area contributed by atoms with Crippen molar-refractivity contribution in [3.05, 3.63) is 60.3 Å². The molecule has 0 saturated carbocycles. The first-order valence-electron chi connectivity index (χ1n) is 6.53. The number of rotatable bonds is 3. The molecule has 0 radical (unpaired) electrons. The highest BCUT2D eigenvalue weighted by Gasteiger charge is 2.04. The number of hydrogen-bond acceptors (Lipinski definition) is 5. The first kappa shape index (κ1) is 13.7. The Labute approximate surface area is 125 Å². The lowest BCUT2D eigenvalue weighted by molar-refractivity contribution is 0.0697. The van der Waals surface area contributed by atoms with Gasteiger partial charge in [0.05, 0.1) is 28.1 Å². The molecule has 0 unspecified atom stereocenters. The molecule has 3 rings (SSSR count). The van der Waals surface area contributed by atoms with Gasteiger partial charge < -0.3 is 10.8 Å². The van der Waals surface area contributed by atoms with Crippen LogP contribution < -0.4 is 5.73 Å². The van der Waals surface area contributed by atoms with Gasteiger partial charge in [0.2, 0.25) is 0 Å². The molecule has 1 heterocycles. The number of nitrogens with zero attached hydrogens (tertiary/aromatic N) is 3. The van der Waals surface area contributed by atoms with Crippen LogP contribution in [0, 0.1) is 0 Å². The fourth-order valence-electron chi connectivity index (χ4n) is 2.05. The van der Waals surface area contributed by atoms with Crippen LogP contribution in [-0.4, -0.2) is 16.1 Å². The Morgan fingerprint density at radius 3 is 2.55 bits per heavy atom. The van der Waals surface area contributed by atoms with Gasteiger partial charge in [-0.05, 0) is 48.5 Å². The highest BCUT2D eigenvalue weighted by Crippen LogP contribution is 2.29. The quantitative estimate of drug-likeness (QED) is 0.564. The SMILES string of the molecule is Nc1ccc(N=Nc2ccc(C(=O)O)cc2)c2cccnc12. The minimum absolute atomic E-state index is 0.209. The summed E-state index contributed by atoms with van der Waals surface area (Å²) in [7, 11) is 0. The summed E-state index contributed by atoms with van der Waals surface area (Å²) < 4.78 is 0. The van der Waals surface area contributed by atoms with E-state index in [2.05, 4.69) is 15.2 Å². The number of azo groups is 1. The van der Waals surface area contributed by atoms with Crippen molar-refractivity contribution >= 4 is 33.9 Å². The lowest BCUT2D eigenvalue weighted by atomic mass is 10.1. The molecule has 1 aromatic heterocycles. The van der Waals surface area contributed by atoms with E-state index in [0.717, 1.165) is 5.39 Å². The smallest absolute Gasteiger partial charge is 0.335 e. The van der Waals surface area contributed by atoms with Crippen LogP contribution >= 0.6 is 0 Å². The zero-order chi connectivity index (χ0) is 15.5. The number of carbonyl (C=O) groups is 1. The van der Waals surface area contributed by atoms with Gasteiger partial charge >= 0.3 is 5.97 Å². The van der Waals surface area contributed by atoms with Crippen LogP contribution in [0.5, 0.6) is 0 Å². The van der Waals surface area contributed by atoms with Crippen molar-refractivity contribution in [2.24, 2.45) is 10.2 Å². The molecule has 3 aromatic rings. The van der Waals surface area contributed by atoms with Gasteiger partial charge in [0.15, 0.2) is 0 Å². The van der Waals surface area contributed by atoms with Gasteiger partial charge in [-0.25, -0.2) is 4.79 Å². The maximum Gasteiger partial charge on any atom is 0.335 e. The first-order valence-corrected chi connectivity index (χ1v) is 6.53. The van der Waals surface area contributed by atoms with E-state index in [9.17, 15) is 4.79 Å². The van der Waals surface area contributed by atoms with Gasteiger partial charge in [-0.3, -0.25) is 4.98 Å². The van der Waals surface area contributed by atoms with Crippen molar-refractivity contribution in [3.8, 4) is 0 Å². The summed E-state index contributed by atoms with van der Waals surface area (Å²) in [5.41, 5.74) is 8.58. The van der Waals surface area contributed by atoms with E-state index in [4.69, 9.17) is 10.8 Å². The van der Waals surface area contributed by atoms with Gasteiger partial charge in [0.1, 0.15) is 0 Å². The van der Waals surface area contributed by atoms with E-state index in [-0.39, 0.29) is 5.56 Å². The van der Waals surface area contributed by atoms with Gasteiger partial charge in [0, 0.05) is 11.6 Å². The molecule has 3 N–H and O–H groups in total. The Morgan fingerprint density at radius 1 is 1.05 bits per heavy atom. The molecule has 22 heavy (non-hydrogen) atoms. The summed E-state index contributed by atoms with van der Waals surface area (Å²) in [6.07, 6.45) is 1.67. The summed E-state index contributed by atoms with van der Waals surface area (Å²) in [4.78, 5) is 15.0. The molecule has 0 amide bonds. The molecule has 6 nitrogen and oxygen atoms in total. The molecule has 0 aliphatic heterocycles. The van der Waals surface area contributed by atoms with Crippen molar-refractivity contribution < 1.29 is 9.90 Å². The standard InChI is InChI=1S/C16H12N4O2/c17-13-7-8-14(12-2-1-9-18-15(12)13)20-19-11-5-3-10(4-6-11)16(21)22/h1-9H,17H2,(H,21,22). The van der Waals surface area contributed by atoms with Crippen molar-refractivity contribution in [1.82, 2.24) is 4.98 Å². The minimum Gasteiger partial charge on any atom is -0.478 e. The number of anilines is 1. The van der Waals surface area contributed by atoms with E-state index in [1.807, 2.05) is 12.1 Å². The van der Waals surface area contributed by atoms with Crippen molar-refractivity contribution in [2.45, 2.75) is 0 Å². The molecular formula is C16H12N4O2. The number of carboxylic acid groups (broad SMARTS) is 1. The monoisotopic (exact) mass is 292 g/mol. The van der Waals surface area contributed by atoms with Gasteiger partial charge in [0.25, 0.3) is 0 Å². The maximum atomic E-state index is 10.8. The first-order chi connectivity index (χ1) is 10.6. The molecule has 0 fully saturated rings. The third kappa shape index (κ3) is 2.62. The van der Waals surface area contributed by atoms with Crippen LogP contribution in [0.4, 0.5) is 17.1 Å². The predicted molar refractivity (Wildman–Crippen MR) is 83.7 cm³/mol. The normalized spacial score (nSPS) is 11.1. The second-order valence-electron chi connectivity index (χ2n) is 4.63. The Hall–Kier alpha value is -3.28. The number of pyridine rings is 1. The lowest BCUT2D eigenvalue weighted by Crippen LogP contribution is -1.93. The number of benzene rings is 2. The van der Waals surface area contributed by atoms with Crippen LogP contribution in [0.15, 0.2) is 65.0 Å². The fraction of sp³-hybridized carbons (Fsp3) is 0. The van der Waals surface area contributed by atoms with Gasteiger partial charge in [-0.1, -0.05) is 0 Å². The van der Waals surface area contributed by atoms with Gasteiger partial charge in [-0.15, -0.1) is 5.11 Å². The topological polar surface area (TPSA) is 101 Å². The van der Waals surface area contributed by atoms with Crippen molar-refractivity contribution in [1.29, 1.82) is 0 Å². The van der Waals surface area contributed by atoms with Crippen LogP contribution in [0.1, 0.15) is 10.4 Å². The largest absolute Gasteiger partial charge is 0.478 e. The van der Waals surface area contributed by atoms with Crippen LogP contribution in [0.25, 0.3) is 10.9 Å². The minimum atomic E-state index is -0.973. The zero-order valence-electron chi connectivity index (χ0n) is 11.5. The van der Waals surface area contributed by atoms with E-state index in [0.29, 0.717) is 22.6 Å². The Bertz CT molecular complexity index is 873. The number of aromatic nitrogens is 1. The molecule has 0 bridgehead atoms. The average Bonchev–Trinajstić information content (AvgIpc) is 2.55. The maximum absolute atomic E-state index is 10.8. The van der Waals surface area contributed by atoms with Crippen LogP contribution in [-0.2, 0) is 0 Å². The number of aromatic carboxylic acids is 1. The highest BCUT2D eigenvalue weighted by atomic mass is 16.4. The molecule has 0 spiro atoms. The number of hydrogen-bond donors (Lipinski definition) is 2. The number of nitrogens with two attached hydrogens (primary N) is 1. The summed E-state index contributed by atoms with van der Waals surface area (Å²) >= 11 is 0. The van der Waals surface area contributed by atoms with E-state index < -0.39 is 5.97 Å². The molecule has 6 heteroatoms. The third-order valence-electron chi connectivity index (χ3n) is 3.17. The summed E-state index contributed by atoms with van der Waals surface area (Å²) in [5.74, 6) is -0.973. The Kier molecular flexibility index (Phi) is 3.49. The number of fused-ring (bicyclic) bond motifs is 1. The molecule has 108 valence electrons. The van der Waals surface area contributed by atoms with Gasteiger partial charge in [-0.2, -0.15) is 5.11 Å². The Balaban J connectivity index is 1.96. The number of carboxylic acids is 1. The van der Waals surface area contributed by atoms with E-state index in [1.165, 1.54) is 12.1 Å². The Morgan fingerprint density at radius 2 is 1.82 bits per heavy atom. The summed E-state index contributed by atoms with van der Waals surface area (Å²) in [6, 6.07) is 13.4. The highest BCUT2D eigenvalue weighted by molar-refractivity contribution is 5.97. The molecule has 0 aliphatic carbocycles.